The Bertz CT molecular complexity index is 500. The van der Waals surface area contributed by atoms with Crippen LogP contribution in [-0.2, 0) is 6.42 Å². The van der Waals surface area contributed by atoms with Gasteiger partial charge in [0.2, 0.25) is 0 Å². The molecule has 17 heavy (non-hydrogen) atoms. The Morgan fingerprint density at radius 2 is 1.53 bits per heavy atom. The Morgan fingerprint density at radius 3 is 2.24 bits per heavy atom. The number of hydrogen-bond acceptors (Lipinski definition) is 2. The van der Waals surface area contributed by atoms with Crippen molar-refractivity contribution in [3.05, 3.63) is 56.7 Å². The largest absolute Gasteiger partial charge is 0.507 e. The minimum atomic E-state index is 0.300. The van der Waals surface area contributed by atoms with Gasteiger partial charge in [0.05, 0.1) is 3.57 Å². The first kappa shape index (κ1) is 12.2. The molecule has 0 fully saturated rings. The molecule has 0 aliphatic carbocycles. The molecule has 0 aromatic heterocycles. The van der Waals surface area contributed by atoms with Crippen molar-refractivity contribution < 1.29 is 10.2 Å². The number of rotatable bonds is 2. The highest BCUT2D eigenvalue weighted by Gasteiger charge is 2.09. The molecule has 2 aromatic rings. The van der Waals surface area contributed by atoms with Gasteiger partial charge in [-0.3, -0.25) is 0 Å². The quantitative estimate of drug-likeness (QED) is 0.820. The van der Waals surface area contributed by atoms with Crippen molar-refractivity contribution in [2.75, 3.05) is 0 Å². The normalized spacial score (nSPS) is 10.5. The zero-order chi connectivity index (χ0) is 12.4. The number of aromatic hydroxyl groups is 2. The fourth-order valence-corrected chi connectivity index (χ4v) is 2.32. The molecule has 0 spiro atoms. The van der Waals surface area contributed by atoms with Gasteiger partial charge in [-0.2, -0.15) is 0 Å². The molecule has 2 N–H and O–H groups in total. The lowest BCUT2D eigenvalue weighted by Gasteiger charge is -2.09. The van der Waals surface area contributed by atoms with Crippen molar-refractivity contribution in [2.24, 2.45) is 0 Å². The van der Waals surface area contributed by atoms with Gasteiger partial charge < -0.3 is 10.2 Å². The summed E-state index contributed by atoms with van der Waals surface area (Å²) in [5, 5.41) is 19.9. The lowest BCUT2D eigenvalue weighted by molar-refractivity contribution is 0.459. The SMILES string of the molecule is Cc1cccc(Cc2cccc(I)c2O)c1O. The predicted octanol–water partition coefficient (Wildman–Crippen LogP) is 3.60. The minimum absolute atomic E-state index is 0.300. The second kappa shape index (κ2) is 4.96. The predicted molar refractivity (Wildman–Crippen MR) is 76.5 cm³/mol. The van der Waals surface area contributed by atoms with Gasteiger partial charge in [0, 0.05) is 6.42 Å². The smallest absolute Gasteiger partial charge is 0.132 e. The standard InChI is InChI=1S/C14H13IO2/c1-9-4-2-5-10(13(9)16)8-11-6-3-7-12(15)14(11)17/h2-7,16-17H,8H2,1H3. The van der Waals surface area contributed by atoms with Crippen molar-refractivity contribution in [2.45, 2.75) is 13.3 Å². The summed E-state index contributed by atoms with van der Waals surface area (Å²) >= 11 is 2.10. The third kappa shape index (κ3) is 2.54. The van der Waals surface area contributed by atoms with Crippen LogP contribution in [0.1, 0.15) is 16.7 Å². The summed E-state index contributed by atoms with van der Waals surface area (Å²) < 4.78 is 0.826. The topological polar surface area (TPSA) is 40.5 Å². The van der Waals surface area contributed by atoms with Crippen LogP contribution in [0.4, 0.5) is 0 Å². The van der Waals surface area contributed by atoms with Crippen molar-refractivity contribution in [1.29, 1.82) is 0 Å². The zero-order valence-electron chi connectivity index (χ0n) is 9.44. The maximum absolute atomic E-state index is 9.94. The summed E-state index contributed by atoms with van der Waals surface area (Å²) in [6, 6.07) is 11.3. The first-order valence-electron chi connectivity index (χ1n) is 5.33. The Labute approximate surface area is 114 Å². The second-order valence-corrected chi connectivity index (χ2v) is 5.17. The van der Waals surface area contributed by atoms with Crippen LogP contribution in [0.25, 0.3) is 0 Å². The van der Waals surface area contributed by atoms with E-state index in [1.165, 1.54) is 0 Å². The lowest BCUT2D eigenvalue weighted by Crippen LogP contribution is -1.92. The van der Waals surface area contributed by atoms with E-state index >= 15 is 0 Å². The molecule has 0 aliphatic heterocycles. The Kier molecular flexibility index (Phi) is 3.57. The molecule has 0 unspecified atom stereocenters. The van der Waals surface area contributed by atoms with Gasteiger partial charge in [-0.1, -0.05) is 30.3 Å². The van der Waals surface area contributed by atoms with Gasteiger partial charge in [0.1, 0.15) is 11.5 Å². The fraction of sp³-hybridized carbons (Fsp3) is 0.143. The third-order valence-electron chi connectivity index (χ3n) is 2.77. The number of aryl methyl sites for hydroxylation is 1. The van der Waals surface area contributed by atoms with E-state index in [0.29, 0.717) is 17.9 Å². The van der Waals surface area contributed by atoms with Crippen LogP contribution in [0.5, 0.6) is 11.5 Å². The summed E-state index contributed by atoms with van der Waals surface area (Å²) in [7, 11) is 0. The van der Waals surface area contributed by atoms with E-state index < -0.39 is 0 Å². The number of halogens is 1. The summed E-state index contributed by atoms with van der Waals surface area (Å²) in [6.07, 6.45) is 0.538. The molecule has 0 aliphatic rings. The number of phenolic OH excluding ortho intramolecular Hbond substituents is 2. The van der Waals surface area contributed by atoms with Crippen LogP contribution >= 0.6 is 22.6 Å². The maximum Gasteiger partial charge on any atom is 0.132 e. The number of hydrogen-bond donors (Lipinski definition) is 2. The summed E-state index contributed by atoms with van der Waals surface area (Å²) in [4.78, 5) is 0. The molecule has 3 heteroatoms. The molecule has 0 amide bonds. The van der Waals surface area contributed by atoms with Gasteiger partial charge in [-0.25, -0.2) is 0 Å². The first-order valence-corrected chi connectivity index (χ1v) is 6.41. The number of para-hydroxylation sites is 2. The average Bonchev–Trinajstić information content (AvgIpc) is 2.31. The zero-order valence-corrected chi connectivity index (χ0v) is 11.6. The maximum atomic E-state index is 9.94. The Hall–Kier alpha value is -1.23. The van der Waals surface area contributed by atoms with Gasteiger partial charge in [0.25, 0.3) is 0 Å². The average molecular weight is 340 g/mol. The van der Waals surface area contributed by atoms with Gasteiger partial charge in [-0.15, -0.1) is 0 Å². The second-order valence-electron chi connectivity index (χ2n) is 4.01. The fourth-order valence-electron chi connectivity index (χ4n) is 1.77. The van der Waals surface area contributed by atoms with Crippen LogP contribution in [0, 0.1) is 10.5 Å². The molecule has 0 heterocycles. The molecular weight excluding hydrogens is 327 g/mol. The summed E-state index contributed by atoms with van der Waals surface area (Å²) in [6.45, 7) is 1.87. The molecule has 0 bridgehead atoms. The molecule has 0 atom stereocenters. The van der Waals surface area contributed by atoms with Gasteiger partial charge in [-0.05, 0) is 52.3 Å². The highest BCUT2D eigenvalue weighted by atomic mass is 127. The molecular formula is C14H13IO2. The summed E-state index contributed by atoms with van der Waals surface area (Å²) in [5.41, 5.74) is 2.52. The van der Waals surface area contributed by atoms with Crippen LogP contribution in [0.2, 0.25) is 0 Å². The van der Waals surface area contributed by atoms with Crippen molar-refractivity contribution in [3.63, 3.8) is 0 Å². The first-order chi connectivity index (χ1) is 8.09. The number of phenols is 2. The van der Waals surface area contributed by atoms with Crippen LogP contribution in [-0.4, -0.2) is 10.2 Å². The molecule has 2 rings (SSSR count). The molecule has 0 saturated heterocycles. The highest BCUT2D eigenvalue weighted by molar-refractivity contribution is 14.1. The molecule has 88 valence electrons. The van der Waals surface area contributed by atoms with Crippen molar-refractivity contribution in [1.82, 2.24) is 0 Å². The molecule has 2 nitrogen and oxygen atoms in total. The van der Waals surface area contributed by atoms with Crippen LogP contribution in [0.3, 0.4) is 0 Å². The molecule has 2 aromatic carbocycles. The van der Waals surface area contributed by atoms with Gasteiger partial charge in [0.15, 0.2) is 0 Å². The minimum Gasteiger partial charge on any atom is -0.507 e. The van der Waals surface area contributed by atoms with Gasteiger partial charge >= 0.3 is 0 Å². The van der Waals surface area contributed by atoms with E-state index in [1.807, 2.05) is 43.3 Å². The molecule has 0 saturated carbocycles. The van der Waals surface area contributed by atoms with E-state index in [2.05, 4.69) is 22.6 Å². The lowest BCUT2D eigenvalue weighted by atomic mass is 10.0. The molecule has 0 radical (unpaired) electrons. The van der Waals surface area contributed by atoms with Crippen LogP contribution < -0.4 is 0 Å². The highest BCUT2D eigenvalue weighted by Crippen LogP contribution is 2.29. The van der Waals surface area contributed by atoms with Crippen LogP contribution in [0.15, 0.2) is 36.4 Å². The monoisotopic (exact) mass is 340 g/mol. The van der Waals surface area contributed by atoms with E-state index in [-0.39, 0.29) is 0 Å². The van der Waals surface area contributed by atoms with E-state index in [4.69, 9.17) is 0 Å². The van der Waals surface area contributed by atoms with Crippen molar-refractivity contribution >= 4 is 22.6 Å². The number of benzene rings is 2. The van der Waals surface area contributed by atoms with E-state index in [9.17, 15) is 10.2 Å². The van der Waals surface area contributed by atoms with E-state index in [0.717, 1.165) is 20.3 Å². The third-order valence-corrected chi connectivity index (χ3v) is 3.64. The van der Waals surface area contributed by atoms with Crippen molar-refractivity contribution in [3.8, 4) is 11.5 Å². The van der Waals surface area contributed by atoms with E-state index in [1.54, 1.807) is 0 Å². The Balaban J connectivity index is 2.38. The Morgan fingerprint density at radius 1 is 0.941 bits per heavy atom. The summed E-state index contributed by atoms with van der Waals surface area (Å²) in [5.74, 6) is 0.611.